The molecule has 2 aromatic carbocycles. The predicted molar refractivity (Wildman–Crippen MR) is 90.6 cm³/mol. The summed E-state index contributed by atoms with van der Waals surface area (Å²) < 4.78 is 5.22. The summed E-state index contributed by atoms with van der Waals surface area (Å²) in [6, 6.07) is 15.4. The van der Waals surface area contributed by atoms with Gasteiger partial charge in [-0.05, 0) is 29.7 Å². The van der Waals surface area contributed by atoms with Crippen molar-refractivity contribution in [3.05, 3.63) is 54.1 Å². The molecule has 0 heterocycles. The standard InChI is InChI=1S/C18H22N2O2/c1-13(2)14-8-4-5-9-15(14)19-12-18(21)20-16-10-6-7-11-17(16)22-3/h4-11,13,19H,12H2,1-3H3,(H,20,21). The molecule has 2 N–H and O–H groups in total. The molecule has 0 fully saturated rings. The maximum atomic E-state index is 12.1. The first-order valence-electron chi connectivity index (χ1n) is 7.37. The highest BCUT2D eigenvalue weighted by molar-refractivity contribution is 5.95. The van der Waals surface area contributed by atoms with Gasteiger partial charge in [0.2, 0.25) is 5.91 Å². The second-order valence-corrected chi connectivity index (χ2v) is 5.34. The van der Waals surface area contributed by atoms with E-state index in [9.17, 15) is 4.79 Å². The van der Waals surface area contributed by atoms with Crippen LogP contribution in [-0.2, 0) is 4.79 Å². The van der Waals surface area contributed by atoms with Crippen LogP contribution in [0.1, 0.15) is 25.3 Å². The molecule has 0 aliphatic carbocycles. The lowest BCUT2D eigenvalue weighted by molar-refractivity contribution is -0.114. The number of hydrogen-bond acceptors (Lipinski definition) is 3. The fourth-order valence-electron chi connectivity index (χ4n) is 2.28. The van der Waals surface area contributed by atoms with E-state index >= 15 is 0 Å². The molecule has 0 saturated carbocycles. The van der Waals surface area contributed by atoms with Gasteiger partial charge in [-0.2, -0.15) is 0 Å². The molecule has 22 heavy (non-hydrogen) atoms. The van der Waals surface area contributed by atoms with Crippen LogP contribution in [0, 0.1) is 0 Å². The second-order valence-electron chi connectivity index (χ2n) is 5.34. The molecule has 0 spiro atoms. The van der Waals surface area contributed by atoms with E-state index in [4.69, 9.17) is 4.74 Å². The topological polar surface area (TPSA) is 50.4 Å². The minimum atomic E-state index is -0.108. The lowest BCUT2D eigenvalue weighted by atomic mass is 10.0. The fourth-order valence-corrected chi connectivity index (χ4v) is 2.28. The van der Waals surface area contributed by atoms with Crippen LogP contribution in [0.3, 0.4) is 0 Å². The summed E-state index contributed by atoms with van der Waals surface area (Å²) in [5, 5.41) is 6.05. The van der Waals surface area contributed by atoms with Gasteiger partial charge in [-0.3, -0.25) is 4.79 Å². The molecule has 2 rings (SSSR count). The Bertz CT molecular complexity index is 638. The van der Waals surface area contributed by atoms with E-state index in [1.807, 2.05) is 42.5 Å². The van der Waals surface area contributed by atoms with Crippen molar-refractivity contribution >= 4 is 17.3 Å². The molecule has 4 heteroatoms. The third-order valence-electron chi connectivity index (χ3n) is 3.40. The lowest BCUT2D eigenvalue weighted by Crippen LogP contribution is -2.22. The summed E-state index contributed by atoms with van der Waals surface area (Å²) >= 11 is 0. The molecule has 0 atom stereocenters. The Morgan fingerprint density at radius 2 is 1.68 bits per heavy atom. The van der Waals surface area contributed by atoms with Gasteiger partial charge in [0.25, 0.3) is 0 Å². The first-order chi connectivity index (χ1) is 10.6. The summed E-state index contributed by atoms with van der Waals surface area (Å²) in [6.45, 7) is 4.48. The van der Waals surface area contributed by atoms with Crippen LogP contribution in [0.25, 0.3) is 0 Å². The third kappa shape index (κ3) is 4.01. The molecule has 116 valence electrons. The molecule has 0 unspecified atom stereocenters. The van der Waals surface area contributed by atoms with Crippen molar-refractivity contribution in [1.29, 1.82) is 0 Å². The quantitative estimate of drug-likeness (QED) is 0.851. The van der Waals surface area contributed by atoms with Crippen LogP contribution in [-0.4, -0.2) is 19.6 Å². The molecule has 0 aliphatic rings. The Balaban J connectivity index is 1.99. The number of hydrogen-bond donors (Lipinski definition) is 2. The van der Waals surface area contributed by atoms with Gasteiger partial charge in [0, 0.05) is 5.69 Å². The first kappa shape index (κ1) is 15.9. The number of carbonyl (C=O) groups excluding carboxylic acids is 1. The van der Waals surface area contributed by atoms with Crippen molar-refractivity contribution in [3.8, 4) is 5.75 Å². The predicted octanol–water partition coefficient (Wildman–Crippen LogP) is 3.87. The molecule has 0 bridgehead atoms. The molecule has 0 saturated heterocycles. The van der Waals surface area contributed by atoms with Crippen molar-refractivity contribution < 1.29 is 9.53 Å². The average molecular weight is 298 g/mol. The minimum absolute atomic E-state index is 0.108. The minimum Gasteiger partial charge on any atom is -0.495 e. The zero-order valence-corrected chi connectivity index (χ0v) is 13.2. The monoisotopic (exact) mass is 298 g/mol. The van der Waals surface area contributed by atoms with E-state index in [1.54, 1.807) is 7.11 Å². The van der Waals surface area contributed by atoms with Gasteiger partial charge in [0.05, 0.1) is 19.3 Å². The highest BCUT2D eigenvalue weighted by Crippen LogP contribution is 2.24. The van der Waals surface area contributed by atoms with Gasteiger partial charge in [0.1, 0.15) is 5.75 Å². The van der Waals surface area contributed by atoms with Crippen LogP contribution in [0.15, 0.2) is 48.5 Å². The van der Waals surface area contributed by atoms with Gasteiger partial charge in [0.15, 0.2) is 0 Å². The number of benzene rings is 2. The summed E-state index contributed by atoms with van der Waals surface area (Å²) in [7, 11) is 1.59. The maximum absolute atomic E-state index is 12.1. The molecule has 0 aliphatic heterocycles. The van der Waals surface area contributed by atoms with Crippen LogP contribution < -0.4 is 15.4 Å². The van der Waals surface area contributed by atoms with Gasteiger partial charge in [-0.25, -0.2) is 0 Å². The van der Waals surface area contributed by atoms with E-state index < -0.39 is 0 Å². The Morgan fingerprint density at radius 1 is 1.05 bits per heavy atom. The molecular weight excluding hydrogens is 276 g/mol. The lowest BCUT2D eigenvalue weighted by Gasteiger charge is -2.15. The Kier molecular flexibility index (Phi) is 5.42. The number of anilines is 2. The number of amides is 1. The SMILES string of the molecule is COc1ccccc1NC(=O)CNc1ccccc1C(C)C. The van der Waals surface area contributed by atoms with Crippen molar-refractivity contribution in [2.24, 2.45) is 0 Å². The van der Waals surface area contributed by atoms with E-state index in [2.05, 4.69) is 30.5 Å². The van der Waals surface area contributed by atoms with Crippen molar-refractivity contribution in [1.82, 2.24) is 0 Å². The summed E-state index contributed by atoms with van der Waals surface area (Å²) in [5.41, 5.74) is 2.87. The summed E-state index contributed by atoms with van der Waals surface area (Å²) in [6.07, 6.45) is 0. The summed E-state index contributed by atoms with van der Waals surface area (Å²) in [4.78, 5) is 12.1. The number of carbonyl (C=O) groups is 1. The highest BCUT2D eigenvalue weighted by Gasteiger charge is 2.09. The normalized spacial score (nSPS) is 10.4. The maximum Gasteiger partial charge on any atom is 0.243 e. The van der Waals surface area contributed by atoms with E-state index in [0.717, 1.165) is 5.69 Å². The molecular formula is C18H22N2O2. The first-order valence-corrected chi connectivity index (χ1v) is 7.37. The second kappa shape index (κ2) is 7.50. The Hall–Kier alpha value is -2.49. The Labute approximate surface area is 131 Å². The van der Waals surface area contributed by atoms with Crippen LogP contribution >= 0.6 is 0 Å². The van der Waals surface area contributed by atoms with Crippen LogP contribution in [0.5, 0.6) is 5.75 Å². The molecule has 1 amide bonds. The average Bonchev–Trinajstić information content (AvgIpc) is 2.53. The molecule has 2 aromatic rings. The summed E-state index contributed by atoms with van der Waals surface area (Å²) in [5.74, 6) is 0.947. The number of rotatable bonds is 6. The van der Waals surface area contributed by atoms with E-state index in [0.29, 0.717) is 17.4 Å². The molecule has 0 aromatic heterocycles. The van der Waals surface area contributed by atoms with Crippen LogP contribution in [0.2, 0.25) is 0 Å². The van der Waals surface area contributed by atoms with Gasteiger partial charge in [-0.15, -0.1) is 0 Å². The molecule has 4 nitrogen and oxygen atoms in total. The molecule has 0 radical (unpaired) electrons. The third-order valence-corrected chi connectivity index (χ3v) is 3.40. The number of para-hydroxylation sites is 3. The number of ether oxygens (including phenoxy) is 1. The van der Waals surface area contributed by atoms with Crippen molar-refractivity contribution in [2.75, 3.05) is 24.3 Å². The number of nitrogens with one attached hydrogen (secondary N) is 2. The van der Waals surface area contributed by atoms with E-state index in [1.165, 1.54) is 5.56 Å². The smallest absolute Gasteiger partial charge is 0.243 e. The fraction of sp³-hybridized carbons (Fsp3) is 0.278. The van der Waals surface area contributed by atoms with Gasteiger partial charge in [-0.1, -0.05) is 44.2 Å². The van der Waals surface area contributed by atoms with Gasteiger partial charge >= 0.3 is 0 Å². The van der Waals surface area contributed by atoms with E-state index in [-0.39, 0.29) is 12.5 Å². The van der Waals surface area contributed by atoms with Crippen LogP contribution in [0.4, 0.5) is 11.4 Å². The largest absolute Gasteiger partial charge is 0.495 e. The Morgan fingerprint density at radius 3 is 2.36 bits per heavy atom. The van der Waals surface area contributed by atoms with Gasteiger partial charge < -0.3 is 15.4 Å². The zero-order chi connectivity index (χ0) is 15.9. The van der Waals surface area contributed by atoms with Crippen molar-refractivity contribution in [3.63, 3.8) is 0 Å². The zero-order valence-electron chi connectivity index (χ0n) is 13.2. The van der Waals surface area contributed by atoms with Crippen molar-refractivity contribution in [2.45, 2.75) is 19.8 Å². The highest BCUT2D eigenvalue weighted by atomic mass is 16.5. The number of methoxy groups -OCH3 is 1.